The van der Waals surface area contributed by atoms with E-state index in [1.54, 1.807) is 4.90 Å². The Morgan fingerprint density at radius 2 is 2.12 bits per heavy atom. The first-order valence-corrected chi connectivity index (χ1v) is 8.44. The number of likely N-dealkylation sites (N-methyl/N-ethyl adjacent to an activating group) is 1. The van der Waals surface area contributed by atoms with E-state index < -0.39 is 0 Å². The maximum atomic E-state index is 12.4. The zero-order valence-electron chi connectivity index (χ0n) is 14.9. The second-order valence-electron chi connectivity index (χ2n) is 6.65. The zero-order chi connectivity index (χ0) is 17.5. The maximum absolute atomic E-state index is 12.4. The first-order valence-electron chi connectivity index (χ1n) is 8.44. The molecule has 0 aliphatic carbocycles. The first-order chi connectivity index (χ1) is 11.5. The monoisotopic (exact) mass is 335 g/mol. The van der Waals surface area contributed by atoms with Crippen molar-refractivity contribution in [1.29, 1.82) is 0 Å². The lowest BCUT2D eigenvalue weighted by atomic mass is 10.1. The molecule has 2 rings (SSSR count). The molecule has 1 saturated heterocycles. The van der Waals surface area contributed by atoms with Crippen molar-refractivity contribution in [3.05, 3.63) is 29.8 Å². The maximum Gasteiger partial charge on any atom is 0.227 e. The van der Waals surface area contributed by atoms with E-state index in [0.29, 0.717) is 6.61 Å². The molecule has 0 bridgehead atoms. The van der Waals surface area contributed by atoms with Crippen LogP contribution < -0.4 is 4.74 Å². The average Bonchev–Trinajstić information content (AvgIpc) is 2.74. The van der Waals surface area contributed by atoms with Gasteiger partial charge in [0.2, 0.25) is 5.91 Å². The molecule has 1 aromatic rings. The molecule has 1 amide bonds. The number of ether oxygens (including phenoxy) is 1. The summed E-state index contributed by atoms with van der Waals surface area (Å²) in [6.07, 6.45) is 0. The van der Waals surface area contributed by atoms with Crippen LogP contribution in [0, 0.1) is 5.92 Å². The molecule has 0 saturated carbocycles. The number of aliphatic hydroxyl groups is 1. The topological polar surface area (TPSA) is 56.2 Å². The van der Waals surface area contributed by atoms with Crippen molar-refractivity contribution in [2.75, 3.05) is 60.5 Å². The summed E-state index contributed by atoms with van der Waals surface area (Å²) in [4.78, 5) is 18.6. The smallest absolute Gasteiger partial charge is 0.227 e. The third kappa shape index (κ3) is 5.47. The van der Waals surface area contributed by atoms with E-state index >= 15 is 0 Å². The highest BCUT2D eigenvalue weighted by molar-refractivity contribution is 5.78. The van der Waals surface area contributed by atoms with Crippen molar-refractivity contribution in [3.8, 4) is 5.75 Å². The number of carbonyl (C=O) groups is 1. The molecule has 134 valence electrons. The highest BCUT2D eigenvalue weighted by atomic mass is 16.5. The number of carbonyl (C=O) groups excluding carboxylic acids is 1. The Balaban J connectivity index is 2.03. The summed E-state index contributed by atoms with van der Waals surface area (Å²) >= 11 is 0. The predicted octanol–water partition coefficient (Wildman–Crippen LogP) is 0.510. The molecule has 0 unspecified atom stereocenters. The van der Waals surface area contributed by atoms with Crippen LogP contribution in [0.5, 0.6) is 5.75 Å². The summed E-state index contributed by atoms with van der Waals surface area (Å²) in [7, 11) is 5.71. The summed E-state index contributed by atoms with van der Waals surface area (Å²) in [6.45, 7) is 4.57. The Morgan fingerprint density at radius 1 is 1.33 bits per heavy atom. The second kappa shape index (κ2) is 9.01. The van der Waals surface area contributed by atoms with E-state index in [-0.39, 0.29) is 18.4 Å². The number of nitrogens with zero attached hydrogens (tertiary/aromatic N) is 3. The van der Waals surface area contributed by atoms with Crippen LogP contribution in [0.4, 0.5) is 0 Å². The molecule has 1 aliphatic heterocycles. The van der Waals surface area contributed by atoms with E-state index in [0.717, 1.165) is 44.0 Å². The number of rotatable bonds is 6. The summed E-state index contributed by atoms with van der Waals surface area (Å²) in [6, 6.07) is 7.94. The van der Waals surface area contributed by atoms with Crippen molar-refractivity contribution < 1.29 is 14.6 Å². The lowest BCUT2D eigenvalue weighted by Gasteiger charge is -2.25. The molecule has 1 aliphatic rings. The van der Waals surface area contributed by atoms with Crippen LogP contribution in [0.15, 0.2) is 24.3 Å². The molecular weight excluding hydrogens is 306 g/mol. The van der Waals surface area contributed by atoms with E-state index in [4.69, 9.17) is 9.84 Å². The molecule has 1 fully saturated rings. The summed E-state index contributed by atoms with van der Waals surface area (Å²) in [5.74, 6) is 0.963. The molecule has 6 heteroatoms. The Bertz CT molecular complexity index is 536. The van der Waals surface area contributed by atoms with Gasteiger partial charge in [-0.1, -0.05) is 12.1 Å². The van der Waals surface area contributed by atoms with E-state index in [2.05, 4.69) is 22.9 Å². The number of benzene rings is 1. The third-order valence-electron chi connectivity index (χ3n) is 4.26. The van der Waals surface area contributed by atoms with Crippen LogP contribution >= 0.6 is 0 Å². The zero-order valence-corrected chi connectivity index (χ0v) is 14.9. The molecule has 0 spiro atoms. The molecule has 1 aromatic carbocycles. The van der Waals surface area contributed by atoms with Crippen molar-refractivity contribution in [2.24, 2.45) is 5.92 Å². The van der Waals surface area contributed by atoms with E-state index in [1.807, 2.05) is 32.3 Å². The fourth-order valence-electron chi connectivity index (χ4n) is 3.06. The Hall–Kier alpha value is -1.63. The normalized spacial score (nSPS) is 19.8. The first kappa shape index (κ1) is 18.7. The number of hydrogen-bond donors (Lipinski definition) is 1. The van der Waals surface area contributed by atoms with Crippen LogP contribution in [0.2, 0.25) is 0 Å². The van der Waals surface area contributed by atoms with E-state index in [1.165, 1.54) is 0 Å². The predicted molar refractivity (Wildman–Crippen MR) is 94.0 cm³/mol. The lowest BCUT2D eigenvalue weighted by Crippen LogP contribution is -2.40. The molecule has 0 radical (unpaired) electrons. The van der Waals surface area contributed by atoms with Gasteiger partial charge >= 0.3 is 0 Å². The van der Waals surface area contributed by atoms with Gasteiger partial charge in [0.05, 0.1) is 12.5 Å². The van der Waals surface area contributed by atoms with Crippen LogP contribution in [0.25, 0.3) is 0 Å². The molecule has 24 heavy (non-hydrogen) atoms. The lowest BCUT2D eigenvalue weighted by molar-refractivity contribution is -0.133. The minimum atomic E-state index is 0.00122. The SMILES string of the molecule is CN1CCN(Cc2cccc(OCCO)c2)C[C@@H](C(=O)N(C)C)C1. The Labute approximate surface area is 144 Å². The standard InChI is InChI=1S/C18H29N3O3/c1-19(2)18(23)16-13-20(3)7-8-21(14-16)12-15-5-4-6-17(11-15)24-10-9-22/h4-6,11,16,22H,7-10,12-14H2,1-3H3/t16-/m0/s1. The molecule has 6 nitrogen and oxygen atoms in total. The molecular formula is C18H29N3O3. The molecule has 1 heterocycles. The number of aliphatic hydroxyl groups excluding tert-OH is 1. The van der Waals surface area contributed by atoms with Crippen molar-refractivity contribution in [2.45, 2.75) is 6.54 Å². The van der Waals surface area contributed by atoms with Gasteiger partial charge in [0.15, 0.2) is 0 Å². The van der Waals surface area contributed by atoms with Gasteiger partial charge in [0.25, 0.3) is 0 Å². The van der Waals surface area contributed by atoms with Crippen LogP contribution in [0.3, 0.4) is 0 Å². The third-order valence-corrected chi connectivity index (χ3v) is 4.26. The number of amides is 1. The molecule has 1 N–H and O–H groups in total. The summed E-state index contributed by atoms with van der Waals surface area (Å²) < 4.78 is 5.48. The van der Waals surface area contributed by atoms with Gasteiger partial charge < -0.3 is 19.6 Å². The quantitative estimate of drug-likeness (QED) is 0.821. The minimum Gasteiger partial charge on any atom is -0.491 e. The van der Waals surface area contributed by atoms with E-state index in [9.17, 15) is 4.79 Å². The van der Waals surface area contributed by atoms with Gasteiger partial charge in [-0.2, -0.15) is 0 Å². The van der Waals surface area contributed by atoms with Gasteiger partial charge in [0, 0.05) is 46.8 Å². The highest BCUT2D eigenvalue weighted by Gasteiger charge is 2.27. The fourth-order valence-corrected chi connectivity index (χ4v) is 3.06. The van der Waals surface area contributed by atoms with Gasteiger partial charge in [-0.15, -0.1) is 0 Å². The van der Waals surface area contributed by atoms with Crippen molar-refractivity contribution >= 4 is 5.91 Å². The summed E-state index contributed by atoms with van der Waals surface area (Å²) in [5, 5.41) is 8.87. The summed E-state index contributed by atoms with van der Waals surface area (Å²) in [5.41, 5.74) is 1.16. The Morgan fingerprint density at radius 3 is 2.83 bits per heavy atom. The van der Waals surface area contributed by atoms with Crippen LogP contribution in [-0.4, -0.2) is 86.2 Å². The molecule has 1 atom stereocenters. The highest BCUT2D eigenvalue weighted by Crippen LogP contribution is 2.17. The van der Waals surface area contributed by atoms with Crippen LogP contribution in [-0.2, 0) is 11.3 Å². The van der Waals surface area contributed by atoms with Gasteiger partial charge in [-0.05, 0) is 24.7 Å². The largest absolute Gasteiger partial charge is 0.491 e. The van der Waals surface area contributed by atoms with Gasteiger partial charge in [-0.25, -0.2) is 0 Å². The van der Waals surface area contributed by atoms with Gasteiger partial charge in [0.1, 0.15) is 12.4 Å². The number of hydrogen-bond acceptors (Lipinski definition) is 5. The second-order valence-corrected chi connectivity index (χ2v) is 6.65. The van der Waals surface area contributed by atoms with Crippen molar-refractivity contribution in [1.82, 2.24) is 14.7 Å². The van der Waals surface area contributed by atoms with Gasteiger partial charge in [-0.3, -0.25) is 9.69 Å². The molecule has 0 aromatic heterocycles. The average molecular weight is 335 g/mol. The minimum absolute atomic E-state index is 0.00122. The Kier molecular flexibility index (Phi) is 7.02. The van der Waals surface area contributed by atoms with Crippen LogP contribution in [0.1, 0.15) is 5.56 Å². The fraction of sp³-hybridized carbons (Fsp3) is 0.611. The van der Waals surface area contributed by atoms with Crippen molar-refractivity contribution in [3.63, 3.8) is 0 Å².